The van der Waals surface area contributed by atoms with Gasteiger partial charge in [0, 0.05) is 27.4 Å². The molecule has 0 saturated heterocycles. The molecular weight excluding hydrogens is 413 g/mol. The first kappa shape index (κ1) is 19.4. The number of benzene rings is 2. The number of hydrogen-bond acceptors (Lipinski definition) is 4. The topological polar surface area (TPSA) is 39.9 Å². The summed E-state index contributed by atoms with van der Waals surface area (Å²) in [7, 11) is 0. The van der Waals surface area contributed by atoms with Crippen LogP contribution in [0.25, 0.3) is 0 Å². The smallest absolute Gasteiger partial charge is 0.191 e. The fraction of sp³-hybridized carbons (Fsp3) is 0.222. The van der Waals surface area contributed by atoms with Crippen molar-refractivity contribution in [3.63, 3.8) is 0 Å². The normalized spacial score (nSPS) is 10.9. The van der Waals surface area contributed by atoms with E-state index in [9.17, 15) is 0 Å². The molecule has 136 valence electrons. The minimum atomic E-state index is 0.329. The first-order chi connectivity index (χ1) is 12.6. The minimum Gasteiger partial charge on any atom is -0.486 e. The highest BCUT2D eigenvalue weighted by atomic mass is 35.5. The maximum Gasteiger partial charge on any atom is 0.191 e. The highest BCUT2D eigenvalue weighted by Gasteiger charge is 2.14. The van der Waals surface area contributed by atoms with Crippen LogP contribution in [-0.2, 0) is 18.9 Å². The van der Waals surface area contributed by atoms with Crippen LogP contribution in [0, 0.1) is 0 Å². The lowest BCUT2D eigenvalue weighted by Gasteiger charge is -2.10. The van der Waals surface area contributed by atoms with Gasteiger partial charge in [0.25, 0.3) is 0 Å². The first-order valence-electron chi connectivity index (χ1n) is 7.94. The molecule has 0 bridgehead atoms. The molecule has 0 aliphatic heterocycles. The zero-order valence-corrected chi connectivity index (χ0v) is 17.0. The van der Waals surface area contributed by atoms with Gasteiger partial charge in [-0.2, -0.15) is 0 Å². The molecule has 0 radical (unpaired) electrons. The van der Waals surface area contributed by atoms with Gasteiger partial charge in [-0.1, -0.05) is 52.6 Å². The van der Waals surface area contributed by atoms with Gasteiger partial charge in [0.2, 0.25) is 0 Å². The average molecular weight is 429 g/mol. The molecule has 0 fully saturated rings. The second kappa shape index (κ2) is 9.00. The van der Waals surface area contributed by atoms with Gasteiger partial charge in [-0.05, 0) is 48.9 Å². The second-order valence-corrected chi connectivity index (χ2v) is 7.57. The number of aromatic nitrogens is 3. The molecule has 0 amide bonds. The Morgan fingerprint density at radius 2 is 1.69 bits per heavy atom. The van der Waals surface area contributed by atoms with Crippen LogP contribution in [0.5, 0.6) is 5.75 Å². The molecule has 0 aliphatic rings. The van der Waals surface area contributed by atoms with Crippen LogP contribution in [0.2, 0.25) is 15.1 Å². The van der Waals surface area contributed by atoms with E-state index < -0.39 is 0 Å². The Balaban J connectivity index is 1.68. The molecule has 0 unspecified atom stereocenters. The zero-order valence-electron chi connectivity index (χ0n) is 14.0. The minimum absolute atomic E-state index is 0.329. The van der Waals surface area contributed by atoms with Gasteiger partial charge in [0.15, 0.2) is 11.0 Å². The summed E-state index contributed by atoms with van der Waals surface area (Å²) in [4.78, 5) is 0. The van der Waals surface area contributed by atoms with Crippen molar-refractivity contribution in [1.82, 2.24) is 14.8 Å². The monoisotopic (exact) mass is 427 g/mol. The third kappa shape index (κ3) is 4.65. The van der Waals surface area contributed by atoms with E-state index in [0.717, 1.165) is 28.8 Å². The lowest BCUT2D eigenvalue weighted by Crippen LogP contribution is -2.07. The second-order valence-electron chi connectivity index (χ2n) is 5.37. The highest BCUT2D eigenvalue weighted by Crippen LogP contribution is 2.31. The van der Waals surface area contributed by atoms with Crippen LogP contribution in [0.4, 0.5) is 0 Å². The summed E-state index contributed by atoms with van der Waals surface area (Å²) in [5, 5.41) is 11.3. The number of rotatable bonds is 7. The first-order valence-corrected chi connectivity index (χ1v) is 10.1. The Labute approximate surface area is 171 Å². The van der Waals surface area contributed by atoms with Crippen molar-refractivity contribution in [3.05, 3.63) is 68.9 Å². The number of halogens is 3. The summed E-state index contributed by atoms with van der Waals surface area (Å²) in [5.41, 5.74) is 0.894. The largest absolute Gasteiger partial charge is 0.486 e. The van der Waals surface area contributed by atoms with Crippen molar-refractivity contribution < 1.29 is 4.74 Å². The third-order valence-corrected chi connectivity index (χ3v) is 5.65. The molecule has 1 aromatic heterocycles. The molecular formula is C18H16Cl3N3OS. The van der Waals surface area contributed by atoms with Crippen LogP contribution in [0.1, 0.15) is 18.3 Å². The summed E-state index contributed by atoms with van der Waals surface area (Å²) in [5.74, 6) is 2.11. The molecule has 8 heteroatoms. The van der Waals surface area contributed by atoms with E-state index in [2.05, 4.69) is 10.2 Å². The predicted molar refractivity (Wildman–Crippen MR) is 108 cm³/mol. The fourth-order valence-corrected chi connectivity index (χ4v) is 4.22. The van der Waals surface area contributed by atoms with E-state index in [1.165, 1.54) is 0 Å². The van der Waals surface area contributed by atoms with Crippen molar-refractivity contribution in [3.8, 4) is 5.75 Å². The van der Waals surface area contributed by atoms with Gasteiger partial charge in [0.05, 0.1) is 0 Å². The van der Waals surface area contributed by atoms with Crippen LogP contribution >= 0.6 is 46.6 Å². The van der Waals surface area contributed by atoms with E-state index in [1.54, 1.807) is 23.9 Å². The summed E-state index contributed by atoms with van der Waals surface area (Å²) in [6, 6.07) is 12.7. The van der Waals surface area contributed by atoms with Gasteiger partial charge in [-0.15, -0.1) is 10.2 Å². The van der Waals surface area contributed by atoms with E-state index in [1.807, 2.05) is 41.8 Å². The van der Waals surface area contributed by atoms with Crippen molar-refractivity contribution in [2.24, 2.45) is 0 Å². The van der Waals surface area contributed by atoms with Gasteiger partial charge >= 0.3 is 0 Å². The van der Waals surface area contributed by atoms with Crippen molar-refractivity contribution in [2.45, 2.75) is 31.0 Å². The summed E-state index contributed by atoms with van der Waals surface area (Å²) in [6.07, 6.45) is 0. The summed E-state index contributed by atoms with van der Waals surface area (Å²) in [6.45, 7) is 3.11. The molecule has 3 rings (SSSR count). The lowest BCUT2D eigenvalue weighted by molar-refractivity contribution is 0.288. The Hall–Kier alpha value is -1.40. The van der Waals surface area contributed by atoms with Crippen molar-refractivity contribution in [1.29, 1.82) is 0 Å². The molecule has 0 atom stereocenters. The Morgan fingerprint density at radius 1 is 1.00 bits per heavy atom. The van der Waals surface area contributed by atoms with E-state index in [0.29, 0.717) is 27.4 Å². The van der Waals surface area contributed by atoms with Crippen molar-refractivity contribution in [2.75, 3.05) is 0 Å². The highest BCUT2D eigenvalue weighted by molar-refractivity contribution is 7.98. The maximum absolute atomic E-state index is 6.23. The molecule has 0 saturated carbocycles. The molecule has 0 N–H and O–H groups in total. The number of nitrogens with zero attached hydrogens (tertiary/aromatic N) is 3. The van der Waals surface area contributed by atoms with Gasteiger partial charge in [-0.3, -0.25) is 0 Å². The quantitative estimate of drug-likeness (QED) is 0.424. The summed E-state index contributed by atoms with van der Waals surface area (Å²) < 4.78 is 7.79. The molecule has 1 heterocycles. The number of hydrogen-bond donors (Lipinski definition) is 0. The van der Waals surface area contributed by atoms with Crippen molar-refractivity contribution >= 4 is 46.6 Å². The van der Waals surface area contributed by atoms with Crippen LogP contribution < -0.4 is 4.74 Å². The standard InChI is InChI=1S/C18H16Cl3N3OS/c1-2-24-17(10-25-13-8-6-12(19)7-9-13)22-23-18(24)26-11-14-15(20)4-3-5-16(14)21/h3-9H,2,10-11H2,1H3. The van der Waals surface area contributed by atoms with E-state index in [-0.39, 0.29) is 0 Å². The SMILES string of the molecule is CCn1c(COc2ccc(Cl)cc2)nnc1SCc1c(Cl)cccc1Cl. The fourth-order valence-electron chi connectivity index (χ4n) is 2.34. The summed E-state index contributed by atoms with van der Waals surface area (Å²) >= 11 is 19.9. The molecule has 4 nitrogen and oxygen atoms in total. The molecule has 26 heavy (non-hydrogen) atoms. The number of ether oxygens (including phenoxy) is 1. The maximum atomic E-state index is 6.23. The molecule has 0 spiro atoms. The van der Waals surface area contributed by atoms with Crippen LogP contribution in [-0.4, -0.2) is 14.8 Å². The Bertz CT molecular complexity index is 864. The molecule has 3 aromatic rings. The molecule has 0 aliphatic carbocycles. The van der Waals surface area contributed by atoms with Crippen LogP contribution in [0.15, 0.2) is 47.6 Å². The Morgan fingerprint density at radius 3 is 2.35 bits per heavy atom. The van der Waals surface area contributed by atoms with Crippen LogP contribution in [0.3, 0.4) is 0 Å². The average Bonchev–Trinajstić information content (AvgIpc) is 3.03. The van der Waals surface area contributed by atoms with E-state index in [4.69, 9.17) is 39.5 Å². The molecule has 2 aromatic carbocycles. The number of thioether (sulfide) groups is 1. The van der Waals surface area contributed by atoms with Gasteiger partial charge in [-0.25, -0.2) is 0 Å². The lowest BCUT2D eigenvalue weighted by atomic mass is 10.2. The third-order valence-electron chi connectivity index (χ3n) is 3.70. The van der Waals surface area contributed by atoms with Gasteiger partial charge in [0.1, 0.15) is 12.4 Å². The van der Waals surface area contributed by atoms with E-state index >= 15 is 0 Å². The Kier molecular flexibility index (Phi) is 6.70. The zero-order chi connectivity index (χ0) is 18.5. The van der Waals surface area contributed by atoms with Gasteiger partial charge < -0.3 is 9.30 Å². The predicted octanol–water partition coefficient (Wildman–Crippen LogP) is 6.13.